The second-order valence-corrected chi connectivity index (χ2v) is 7.91. The van der Waals surface area contributed by atoms with Crippen molar-refractivity contribution in [3.63, 3.8) is 0 Å². The molecule has 29 heavy (non-hydrogen) atoms. The van der Waals surface area contributed by atoms with Gasteiger partial charge in [-0.15, -0.1) is 0 Å². The molecule has 3 aromatic carbocycles. The molecule has 1 aromatic heterocycles. The van der Waals surface area contributed by atoms with Crippen LogP contribution >= 0.6 is 15.9 Å². The minimum Gasteiger partial charge on any atom is -0.325 e. The van der Waals surface area contributed by atoms with Crippen molar-refractivity contribution in [2.45, 2.75) is 12.3 Å². The molecule has 0 saturated carbocycles. The van der Waals surface area contributed by atoms with E-state index in [-0.39, 0.29) is 11.5 Å². The molecule has 1 amide bonds. The highest BCUT2D eigenvalue weighted by Crippen LogP contribution is 2.36. The summed E-state index contributed by atoms with van der Waals surface area (Å²) >= 11 is 3.48. The van der Waals surface area contributed by atoms with Gasteiger partial charge in [-0.05, 0) is 48.0 Å². The smallest absolute Gasteiger partial charge is 0.265 e. The van der Waals surface area contributed by atoms with E-state index < -0.39 is 5.92 Å². The predicted octanol–water partition coefficient (Wildman–Crippen LogP) is 4.43. The van der Waals surface area contributed by atoms with Crippen LogP contribution in [-0.4, -0.2) is 15.5 Å². The standard InChI is InChI=1S/C23H16BrN3O2/c24-14-10-11-20-17(12-14)18(22(28)26-20)13-21-25-19-9-5-4-8-16(19)23(29)27(21)15-6-2-1-3-7-15/h1-12,18H,13H2,(H,26,28). The van der Waals surface area contributed by atoms with Crippen LogP contribution in [0.2, 0.25) is 0 Å². The number of para-hydroxylation sites is 2. The molecule has 1 N–H and O–H groups in total. The maximum Gasteiger partial charge on any atom is 0.265 e. The molecular weight excluding hydrogens is 430 g/mol. The number of nitrogens with one attached hydrogen (secondary N) is 1. The molecule has 0 saturated heterocycles. The molecular formula is C23H16BrN3O2. The normalized spacial score (nSPS) is 15.3. The van der Waals surface area contributed by atoms with Crippen LogP contribution in [0.4, 0.5) is 5.69 Å². The number of fused-ring (bicyclic) bond motifs is 2. The topological polar surface area (TPSA) is 64.0 Å². The molecule has 6 heteroatoms. The van der Waals surface area contributed by atoms with Crippen LogP contribution in [0.5, 0.6) is 0 Å². The van der Waals surface area contributed by atoms with Crippen molar-refractivity contribution in [3.05, 3.63) is 99.0 Å². The van der Waals surface area contributed by atoms with E-state index in [0.717, 1.165) is 21.4 Å². The SMILES string of the molecule is O=C1Nc2ccc(Br)cc2C1Cc1nc2ccccc2c(=O)n1-c1ccccc1. The van der Waals surface area contributed by atoms with Crippen LogP contribution in [0.25, 0.3) is 16.6 Å². The van der Waals surface area contributed by atoms with Crippen LogP contribution in [0, 0.1) is 0 Å². The fourth-order valence-corrected chi connectivity index (χ4v) is 4.22. The van der Waals surface area contributed by atoms with Crippen molar-refractivity contribution in [2.24, 2.45) is 0 Å². The zero-order valence-corrected chi connectivity index (χ0v) is 16.9. The molecule has 4 aromatic rings. The van der Waals surface area contributed by atoms with Crippen LogP contribution in [0.3, 0.4) is 0 Å². The third-order valence-electron chi connectivity index (χ3n) is 5.21. The number of nitrogens with zero attached hydrogens (tertiary/aromatic N) is 2. The first-order chi connectivity index (χ1) is 14.1. The number of anilines is 1. The molecule has 5 rings (SSSR count). The Morgan fingerprint density at radius 1 is 0.966 bits per heavy atom. The van der Waals surface area contributed by atoms with E-state index in [4.69, 9.17) is 4.98 Å². The summed E-state index contributed by atoms with van der Waals surface area (Å²) in [4.78, 5) is 30.8. The Labute approximate surface area is 175 Å². The highest BCUT2D eigenvalue weighted by molar-refractivity contribution is 9.10. The van der Waals surface area contributed by atoms with Gasteiger partial charge < -0.3 is 5.32 Å². The number of carbonyl (C=O) groups is 1. The molecule has 142 valence electrons. The van der Waals surface area contributed by atoms with Crippen LogP contribution in [0.15, 0.2) is 82.1 Å². The van der Waals surface area contributed by atoms with Gasteiger partial charge in [-0.1, -0.05) is 46.3 Å². The number of amides is 1. The Hall–Kier alpha value is -3.25. The van der Waals surface area contributed by atoms with Gasteiger partial charge in [0.05, 0.1) is 22.5 Å². The first kappa shape index (κ1) is 17.8. The predicted molar refractivity (Wildman–Crippen MR) is 117 cm³/mol. The number of rotatable bonds is 3. The third-order valence-corrected chi connectivity index (χ3v) is 5.70. The van der Waals surface area contributed by atoms with Crippen LogP contribution < -0.4 is 10.9 Å². The molecule has 0 spiro atoms. The van der Waals surface area contributed by atoms with Gasteiger partial charge in [-0.2, -0.15) is 0 Å². The van der Waals surface area contributed by atoms with Gasteiger partial charge in [-0.3, -0.25) is 14.2 Å². The van der Waals surface area contributed by atoms with Gasteiger partial charge in [0.1, 0.15) is 5.82 Å². The van der Waals surface area contributed by atoms with Gasteiger partial charge in [0.2, 0.25) is 5.91 Å². The van der Waals surface area contributed by atoms with E-state index in [0.29, 0.717) is 23.1 Å². The highest BCUT2D eigenvalue weighted by Gasteiger charge is 2.32. The van der Waals surface area contributed by atoms with Crippen molar-refractivity contribution in [1.82, 2.24) is 9.55 Å². The average molecular weight is 446 g/mol. The number of hydrogen-bond donors (Lipinski definition) is 1. The first-order valence-corrected chi connectivity index (χ1v) is 10.1. The first-order valence-electron chi connectivity index (χ1n) is 9.28. The van der Waals surface area contributed by atoms with E-state index in [1.54, 1.807) is 10.6 Å². The van der Waals surface area contributed by atoms with E-state index in [9.17, 15) is 9.59 Å². The molecule has 0 aliphatic carbocycles. The van der Waals surface area contributed by atoms with E-state index >= 15 is 0 Å². The number of carbonyl (C=O) groups excluding carboxylic acids is 1. The van der Waals surface area contributed by atoms with Gasteiger partial charge in [-0.25, -0.2) is 4.98 Å². The number of halogens is 1. The lowest BCUT2D eigenvalue weighted by atomic mass is 9.96. The number of benzene rings is 3. The number of hydrogen-bond acceptors (Lipinski definition) is 3. The summed E-state index contributed by atoms with van der Waals surface area (Å²) < 4.78 is 2.52. The quantitative estimate of drug-likeness (QED) is 0.507. The summed E-state index contributed by atoms with van der Waals surface area (Å²) in [6, 6.07) is 22.5. The maximum absolute atomic E-state index is 13.3. The van der Waals surface area contributed by atoms with Crippen LogP contribution in [0.1, 0.15) is 17.3 Å². The average Bonchev–Trinajstić information content (AvgIpc) is 3.03. The van der Waals surface area contributed by atoms with Crippen molar-refractivity contribution in [3.8, 4) is 5.69 Å². The number of aromatic nitrogens is 2. The summed E-state index contributed by atoms with van der Waals surface area (Å²) in [5.74, 6) is 0.0681. The zero-order chi connectivity index (χ0) is 20.0. The summed E-state index contributed by atoms with van der Waals surface area (Å²) in [6.07, 6.45) is 0.324. The Morgan fingerprint density at radius 2 is 1.72 bits per heavy atom. The van der Waals surface area contributed by atoms with Crippen molar-refractivity contribution in [1.29, 1.82) is 0 Å². The molecule has 0 radical (unpaired) electrons. The van der Waals surface area contributed by atoms with Gasteiger partial charge in [0.25, 0.3) is 5.56 Å². The van der Waals surface area contributed by atoms with E-state index in [2.05, 4.69) is 21.2 Å². The molecule has 0 bridgehead atoms. The lowest BCUT2D eigenvalue weighted by Gasteiger charge is -2.16. The highest BCUT2D eigenvalue weighted by atomic mass is 79.9. The van der Waals surface area contributed by atoms with E-state index in [1.807, 2.05) is 66.7 Å². The minimum atomic E-state index is -0.412. The maximum atomic E-state index is 13.3. The Kier molecular flexibility index (Phi) is 4.28. The monoisotopic (exact) mass is 445 g/mol. The summed E-state index contributed by atoms with van der Waals surface area (Å²) in [5, 5.41) is 3.49. The molecule has 2 heterocycles. The zero-order valence-electron chi connectivity index (χ0n) is 15.3. The van der Waals surface area contributed by atoms with Crippen molar-refractivity contribution < 1.29 is 4.79 Å². The van der Waals surface area contributed by atoms with Crippen molar-refractivity contribution in [2.75, 3.05) is 5.32 Å². The second-order valence-electron chi connectivity index (χ2n) is 7.00. The fraction of sp³-hybridized carbons (Fsp3) is 0.0870. The van der Waals surface area contributed by atoms with Gasteiger partial charge in [0.15, 0.2) is 0 Å². The Bertz CT molecular complexity index is 1320. The second kappa shape index (κ2) is 6.97. The molecule has 5 nitrogen and oxygen atoms in total. The summed E-state index contributed by atoms with van der Waals surface area (Å²) in [5.41, 5.74) is 2.94. The Morgan fingerprint density at radius 3 is 2.55 bits per heavy atom. The van der Waals surface area contributed by atoms with E-state index in [1.165, 1.54) is 0 Å². The third kappa shape index (κ3) is 3.06. The minimum absolute atomic E-state index is 0.0832. The molecule has 1 aliphatic heterocycles. The lowest BCUT2D eigenvalue weighted by molar-refractivity contribution is -0.117. The molecule has 1 aliphatic rings. The van der Waals surface area contributed by atoms with Crippen molar-refractivity contribution >= 4 is 38.4 Å². The molecule has 1 atom stereocenters. The lowest BCUT2D eigenvalue weighted by Crippen LogP contribution is -2.26. The largest absolute Gasteiger partial charge is 0.325 e. The molecule has 0 fully saturated rings. The Balaban J connectivity index is 1.70. The van der Waals surface area contributed by atoms with Gasteiger partial charge >= 0.3 is 0 Å². The molecule has 1 unspecified atom stereocenters. The fourth-order valence-electron chi connectivity index (χ4n) is 3.84. The van der Waals surface area contributed by atoms with Gasteiger partial charge in [0, 0.05) is 16.6 Å². The summed E-state index contributed by atoms with van der Waals surface area (Å²) in [7, 11) is 0. The van der Waals surface area contributed by atoms with Crippen LogP contribution in [-0.2, 0) is 11.2 Å². The summed E-state index contributed by atoms with van der Waals surface area (Å²) in [6.45, 7) is 0.